The quantitative estimate of drug-likeness (QED) is 0.381. The van der Waals surface area contributed by atoms with Gasteiger partial charge < -0.3 is 27.0 Å². The van der Waals surface area contributed by atoms with Crippen LogP contribution in [0.3, 0.4) is 0 Å². The highest BCUT2D eigenvalue weighted by Crippen LogP contribution is 1.52. The predicted octanol–water partition coefficient (Wildman–Crippen LogP) is -4.53. The van der Waals surface area contributed by atoms with Gasteiger partial charge in [0.1, 0.15) is 0 Å². The maximum atomic E-state index is 8.59. The van der Waals surface area contributed by atoms with E-state index in [0.717, 1.165) is 4.90 Å². The second-order valence-corrected chi connectivity index (χ2v) is 1.75. The van der Waals surface area contributed by atoms with E-state index in [1.54, 1.807) is 6.92 Å². The SMILES string of the molecule is CC(O)[NH+](C)C.[Br-]. The first kappa shape index (κ1) is 10.4. The molecule has 0 aromatic carbocycles. The summed E-state index contributed by atoms with van der Waals surface area (Å²) >= 11 is 0. The molecular formula is C4H12BrNO. The van der Waals surface area contributed by atoms with Crippen molar-refractivity contribution in [2.24, 2.45) is 0 Å². The summed E-state index contributed by atoms with van der Waals surface area (Å²) in [5, 5.41) is 8.59. The standard InChI is InChI=1S/C4H11NO.BrH/c1-4(6)5(2)3;/h4,6H,1-3H3;1H. The molecule has 1 atom stereocenters. The Balaban J connectivity index is 0. The molecule has 46 valence electrons. The van der Waals surface area contributed by atoms with Gasteiger partial charge in [-0.15, -0.1) is 0 Å². The van der Waals surface area contributed by atoms with Gasteiger partial charge in [-0.1, -0.05) is 0 Å². The van der Waals surface area contributed by atoms with Crippen molar-refractivity contribution in [2.75, 3.05) is 14.1 Å². The molecule has 0 fully saturated rings. The van der Waals surface area contributed by atoms with E-state index in [2.05, 4.69) is 0 Å². The molecule has 2 N–H and O–H groups in total. The van der Waals surface area contributed by atoms with E-state index in [1.165, 1.54) is 0 Å². The van der Waals surface area contributed by atoms with Crippen molar-refractivity contribution in [3.8, 4) is 0 Å². The Morgan fingerprint density at radius 2 is 1.57 bits per heavy atom. The van der Waals surface area contributed by atoms with Gasteiger partial charge in [0.2, 0.25) is 0 Å². The summed E-state index contributed by atoms with van der Waals surface area (Å²) in [6.07, 6.45) is -0.231. The van der Waals surface area contributed by atoms with Crippen LogP contribution in [0.25, 0.3) is 0 Å². The molecule has 0 aliphatic rings. The minimum absolute atomic E-state index is 0. The maximum absolute atomic E-state index is 8.59. The molecule has 1 unspecified atom stereocenters. The number of hydrogen-bond donors (Lipinski definition) is 2. The van der Waals surface area contributed by atoms with E-state index >= 15 is 0 Å². The number of aliphatic hydroxyl groups excluding tert-OH is 1. The topological polar surface area (TPSA) is 24.7 Å². The molecule has 0 aromatic rings. The summed E-state index contributed by atoms with van der Waals surface area (Å²) < 4.78 is 0. The van der Waals surface area contributed by atoms with Crippen molar-refractivity contribution in [1.82, 2.24) is 0 Å². The zero-order valence-electron chi connectivity index (χ0n) is 4.90. The van der Waals surface area contributed by atoms with Gasteiger partial charge in [0, 0.05) is 6.92 Å². The van der Waals surface area contributed by atoms with Gasteiger partial charge >= 0.3 is 0 Å². The third-order valence-electron chi connectivity index (χ3n) is 0.836. The predicted molar refractivity (Wildman–Crippen MR) is 24.5 cm³/mol. The lowest BCUT2D eigenvalue weighted by Crippen LogP contribution is -3.09. The summed E-state index contributed by atoms with van der Waals surface area (Å²) in [7, 11) is 3.81. The summed E-state index contributed by atoms with van der Waals surface area (Å²) in [4.78, 5) is 1.06. The molecule has 0 saturated carbocycles. The van der Waals surface area contributed by atoms with Gasteiger partial charge in [0.15, 0.2) is 6.23 Å². The van der Waals surface area contributed by atoms with Crippen LogP contribution in [-0.4, -0.2) is 25.4 Å². The van der Waals surface area contributed by atoms with Gasteiger partial charge in [-0.25, -0.2) is 0 Å². The zero-order chi connectivity index (χ0) is 5.15. The third kappa shape index (κ3) is 6.40. The molecule has 0 aliphatic carbocycles. The normalized spacial score (nSPS) is 13.3. The van der Waals surface area contributed by atoms with Crippen LogP contribution < -0.4 is 21.9 Å². The van der Waals surface area contributed by atoms with Crippen LogP contribution in [0.2, 0.25) is 0 Å². The Labute approximate surface area is 54.9 Å². The largest absolute Gasteiger partial charge is 1.00 e. The first-order chi connectivity index (χ1) is 2.64. The van der Waals surface area contributed by atoms with Crippen molar-refractivity contribution in [1.29, 1.82) is 0 Å². The lowest BCUT2D eigenvalue weighted by Gasteiger charge is -2.08. The number of hydrogen-bond acceptors (Lipinski definition) is 1. The number of nitrogens with one attached hydrogen (secondary N) is 1. The van der Waals surface area contributed by atoms with Gasteiger partial charge in [-0.3, -0.25) is 0 Å². The lowest BCUT2D eigenvalue weighted by molar-refractivity contribution is -0.907. The fourth-order valence-electron chi connectivity index (χ4n) is 0. The van der Waals surface area contributed by atoms with Crippen molar-refractivity contribution in [2.45, 2.75) is 13.2 Å². The Hall–Kier alpha value is 0.400. The van der Waals surface area contributed by atoms with Crippen molar-refractivity contribution >= 4 is 0 Å². The van der Waals surface area contributed by atoms with Crippen LogP contribution in [0.5, 0.6) is 0 Å². The molecule has 3 heteroatoms. The van der Waals surface area contributed by atoms with E-state index in [0.29, 0.717) is 0 Å². The van der Waals surface area contributed by atoms with Crippen molar-refractivity contribution in [3.05, 3.63) is 0 Å². The van der Waals surface area contributed by atoms with E-state index in [-0.39, 0.29) is 23.2 Å². The number of halogens is 1. The van der Waals surface area contributed by atoms with Crippen LogP contribution in [-0.2, 0) is 0 Å². The van der Waals surface area contributed by atoms with Gasteiger partial charge in [0.25, 0.3) is 0 Å². The molecule has 2 nitrogen and oxygen atoms in total. The van der Waals surface area contributed by atoms with Crippen LogP contribution in [0.4, 0.5) is 0 Å². The highest BCUT2D eigenvalue weighted by molar-refractivity contribution is 4.07. The first-order valence-corrected chi connectivity index (χ1v) is 2.12. The molecular weight excluding hydrogens is 158 g/mol. The Morgan fingerprint density at radius 3 is 1.57 bits per heavy atom. The zero-order valence-corrected chi connectivity index (χ0v) is 6.49. The van der Waals surface area contributed by atoms with Crippen LogP contribution >= 0.6 is 0 Å². The summed E-state index contributed by atoms with van der Waals surface area (Å²) in [5.41, 5.74) is 0. The molecule has 0 saturated heterocycles. The van der Waals surface area contributed by atoms with E-state index in [4.69, 9.17) is 5.11 Å². The van der Waals surface area contributed by atoms with E-state index in [1.807, 2.05) is 14.1 Å². The minimum atomic E-state index is -0.231. The minimum Gasteiger partial charge on any atom is -1.00 e. The average Bonchev–Trinajstić information content (AvgIpc) is 1.36. The molecule has 7 heavy (non-hydrogen) atoms. The Bertz CT molecular complexity index is 32.7. The molecule has 0 aromatic heterocycles. The molecule has 0 radical (unpaired) electrons. The summed E-state index contributed by atoms with van der Waals surface area (Å²) in [6, 6.07) is 0. The van der Waals surface area contributed by atoms with Gasteiger partial charge in [0.05, 0.1) is 14.1 Å². The lowest BCUT2D eigenvalue weighted by atomic mass is 10.6. The number of rotatable bonds is 1. The van der Waals surface area contributed by atoms with Crippen LogP contribution in [0, 0.1) is 0 Å². The molecule has 0 rings (SSSR count). The van der Waals surface area contributed by atoms with E-state index in [9.17, 15) is 0 Å². The first-order valence-electron chi connectivity index (χ1n) is 2.12. The highest BCUT2D eigenvalue weighted by atomic mass is 79.9. The number of aliphatic hydroxyl groups is 1. The fourth-order valence-corrected chi connectivity index (χ4v) is 0. The molecule has 0 aliphatic heterocycles. The van der Waals surface area contributed by atoms with Gasteiger partial charge in [-0.2, -0.15) is 0 Å². The third-order valence-corrected chi connectivity index (χ3v) is 0.836. The number of quaternary nitrogens is 1. The molecule has 0 spiro atoms. The van der Waals surface area contributed by atoms with E-state index < -0.39 is 0 Å². The Morgan fingerprint density at radius 1 is 1.43 bits per heavy atom. The molecule has 0 bridgehead atoms. The van der Waals surface area contributed by atoms with Gasteiger partial charge in [-0.05, 0) is 0 Å². The Kier molecular flexibility index (Phi) is 6.77. The maximum Gasteiger partial charge on any atom is 0.185 e. The van der Waals surface area contributed by atoms with Crippen LogP contribution in [0.15, 0.2) is 0 Å². The highest BCUT2D eigenvalue weighted by Gasteiger charge is 1.96. The second-order valence-electron chi connectivity index (χ2n) is 1.75. The molecule has 0 amide bonds. The monoisotopic (exact) mass is 169 g/mol. The van der Waals surface area contributed by atoms with Crippen LogP contribution in [0.1, 0.15) is 6.92 Å². The summed E-state index contributed by atoms with van der Waals surface area (Å²) in [6.45, 7) is 1.76. The van der Waals surface area contributed by atoms with Crippen molar-refractivity contribution in [3.63, 3.8) is 0 Å². The molecule has 0 heterocycles. The summed E-state index contributed by atoms with van der Waals surface area (Å²) in [5.74, 6) is 0. The fraction of sp³-hybridized carbons (Fsp3) is 1.00. The smallest absolute Gasteiger partial charge is 0.185 e. The van der Waals surface area contributed by atoms with Crippen molar-refractivity contribution < 1.29 is 27.0 Å². The average molecular weight is 170 g/mol. The second kappa shape index (κ2) is 4.56.